The van der Waals surface area contributed by atoms with Gasteiger partial charge in [0.15, 0.2) is 10.1 Å². The van der Waals surface area contributed by atoms with Crippen molar-refractivity contribution in [3.8, 4) is 5.75 Å². The standard InChI is InChI=1S/C16H17NO2.C15H19ClN4O3S.C8H10ClN.C6H11N3O2S/c1-11-9-12(2)15(13(3)10-11)17-16(18)19-14-7-5-4-6-8-14;1-9(2)20-6-5-13(18-20)24(22,23)19-15(21)17-14-10(3)7-12(16)8-11(14)4;1-5-3-7(9)4-6(2)8(5)10;1-5(2)9-4-3-6(8-9)12(7,10)11/h4-10H,1-3H3,(H,17,18);5-9H,1-4H3,(H2,17,19,21);3-4H,10H2,1-2H3;3-5H,1-2H3,(H2,7,10,11). The van der Waals surface area contributed by atoms with E-state index in [1.54, 1.807) is 55.2 Å². The number of rotatable bonds is 8. The van der Waals surface area contributed by atoms with E-state index in [-0.39, 0.29) is 22.1 Å². The number of nitrogens with two attached hydrogens (primary N) is 2. The Morgan fingerprint density at radius 1 is 0.631 bits per heavy atom. The average molecular weight is 971 g/mol. The molecule has 0 spiro atoms. The van der Waals surface area contributed by atoms with Crippen LogP contribution in [-0.2, 0) is 20.0 Å². The van der Waals surface area contributed by atoms with Crippen LogP contribution in [0, 0.1) is 48.5 Å². The monoisotopic (exact) mass is 969 g/mol. The predicted molar refractivity (Wildman–Crippen MR) is 259 cm³/mol. The molecule has 0 saturated heterocycles. The van der Waals surface area contributed by atoms with Crippen LogP contribution in [0.3, 0.4) is 0 Å². The Bertz CT molecular complexity index is 2760. The van der Waals surface area contributed by atoms with E-state index < -0.39 is 32.2 Å². The summed E-state index contributed by atoms with van der Waals surface area (Å²) < 4.78 is 56.2. The summed E-state index contributed by atoms with van der Waals surface area (Å²) in [6, 6.07) is 22.2. The maximum Gasteiger partial charge on any atom is 0.417 e. The number of carbonyl (C=O) groups is 2. The largest absolute Gasteiger partial charge is 0.417 e. The number of aryl methyl sites for hydroxylation is 7. The molecule has 0 aliphatic carbocycles. The number of nitrogens with one attached hydrogen (secondary N) is 3. The highest BCUT2D eigenvalue weighted by Gasteiger charge is 2.22. The number of ether oxygens (including phenoxy) is 1. The number of urea groups is 1. The van der Waals surface area contributed by atoms with Gasteiger partial charge < -0.3 is 15.8 Å². The van der Waals surface area contributed by atoms with Gasteiger partial charge in [0.2, 0.25) is 0 Å². The summed E-state index contributed by atoms with van der Waals surface area (Å²) >= 11 is 11.7. The highest BCUT2D eigenvalue weighted by molar-refractivity contribution is 7.90. The molecule has 0 bridgehead atoms. The van der Waals surface area contributed by atoms with Crippen LogP contribution in [0.25, 0.3) is 0 Å². The Morgan fingerprint density at radius 2 is 1.05 bits per heavy atom. The lowest BCUT2D eigenvalue weighted by Gasteiger charge is -2.13. The molecule has 0 aliphatic rings. The number of amides is 3. The van der Waals surface area contributed by atoms with Crippen LogP contribution < -0.4 is 31.0 Å². The topological polar surface area (TPSA) is 235 Å². The molecule has 0 aliphatic heterocycles. The van der Waals surface area contributed by atoms with E-state index in [0.717, 1.165) is 49.8 Å². The van der Waals surface area contributed by atoms with Gasteiger partial charge in [0.25, 0.3) is 20.0 Å². The van der Waals surface area contributed by atoms with Gasteiger partial charge in [-0.05, 0) is 158 Å². The number of hydrogen-bond donors (Lipinski definition) is 5. The van der Waals surface area contributed by atoms with Crippen molar-refractivity contribution < 1.29 is 31.2 Å². The summed E-state index contributed by atoms with van der Waals surface area (Å²) in [6.45, 7) is 21.0. The number of halogens is 2. The molecule has 2 aromatic heterocycles. The van der Waals surface area contributed by atoms with Crippen molar-refractivity contribution in [2.75, 3.05) is 16.4 Å². The molecule has 4 aromatic carbocycles. The van der Waals surface area contributed by atoms with Gasteiger partial charge in [-0.1, -0.05) is 59.1 Å². The number of nitrogen functional groups attached to an aromatic ring is 1. The fourth-order valence-corrected chi connectivity index (χ4v) is 7.91. The number of nitrogens with zero attached hydrogens (tertiary/aromatic N) is 4. The van der Waals surface area contributed by atoms with Gasteiger partial charge >= 0.3 is 12.1 Å². The van der Waals surface area contributed by atoms with E-state index in [4.69, 9.17) is 38.8 Å². The number of hydrogen-bond acceptors (Lipinski definition) is 10. The summed E-state index contributed by atoms with van der Waals surface area (Å²) in [5.41, 5.74) is 14.7. The molecule has 65 heavy (non-hydrogen) atoms. The van der Waals surface area contributed by atoms with Crippen molar-refractivity contribution in [1.29, 1.82) is 0 Å². The minimum Gasteiger partial charge on any atom is -0.410 e. The lowest BCUT2D eigenvalue weighted by molar-refractivity contribution is 0.215. The minimum absolute atomic E-state index is 0.0159. The van der Waals surface area contributed by atoms with Gasteiger partial charge in [0.05, 0.1) is 0 Å². The SMILES string of the molecule is CC(C)n1ccc(S(N)(=O)=O)n1.Cc1cc(C)c(NC(=O)Oc2ccccc2)c(C)c1.Cc1cc(Cl)cc(C)c1N.Cc1cc(Cl)cc(C)c1NC(=O)NS(=O)(=O)c1ccn(C(C)C)n1. The third-order valence-corrected chi connectivity index (χ3v) is 11.6. The van der Waals surface area contributed by atoms with E-state index in [9.17, 15) is 26.4 Å². The molecular formula is C45H57Cl2N9O7S2. The van der Waals surface area contributed by atoms with Crippen molar-refractivity contribution in [2.24, 2.45) is 5.14 Å². The Hall–Kier alpha value is -5.92. The minimum atomic E-state index is -4.05. The number of aromatic nitrogens is 4. The molecule has 0 radical (unpaired) electrons. The lowest BCUT2D eigenvalue weighted by atomic mass is 10.1. The van der Waals surface area contributed by atoms with Crippen LogP contribution in [0.5, 0.6) is 5.75 Å². The van der Waals surface area contributed by atoms with Crippen molar-refractivity contribution >= 4 is 72.4 Å². The van der Waals surface area contributed by atoms with E-state index >= 15 is 0 Å². The Labute approximate surface area is 391 Å². The number of anilines is 3. The van der Waals surface area contributed by atoms with Crippen molar-refractivity contribution in [2.45, 2.75) is 98.3 Å². The van der Waals surface area contributed by atoms with Crippen LogP contribution in [0.4, 0.5) is 26.7 Å². The third kappa shape index (κ3) is 16.5. The Morgan fingerprint density at radius 3 is 1.48 bits per heavy atom. The molecule has 0 unspecified atom stereocenters. The third-order valence-electron chi connectivity index (χ3n) is 9.17. The van der Waals surface area contributed by atoms with E-state index in [2.05, 4.69) is 20.8 Å². The van der Waals surface area contributed by atoms with Gasteiger partial charge in [0.1, 0.15) is 5.75 Å². The first-order valence-corrected chi connectivity index (χ1v) is 23.8. The molecule has 20 heteroatoms. The maximum atomic E-state index is 12.2. The van der Waals surface area contributed by atoms with Crippen LogP contribution in [0.1, 0.15) is 78.7 Å². The molecule has 350 valence electrons. The number of benzene rings is 4. The molecule has 16 nitrogen and oxygen atoms in total. The molecule has 6 rings (SSSR count). The molecule has 0 fully saturated rings. The van der Waals surface area contributed by atoms with Crippen molar-refractivity contribution in [1.82, 2.24) is 24.3 Å². The highest BCUT2D eigenvalue weighted by Crippen LogP contribution is 2.26. The first-order chi connectivity index (χ1) is 30.2. The van der Waals surface area contributed by atoms with Crippen LogP contribution in [0.2, 0.25) is 10.0 Å². The highest BCUT2D eigenvalue weighted by atomic mass is 35.5. The lowest BCUT2D eigenvalue weighted by Crippen LogP contribution is -2.35. The number of sulfonamides is 2. The molecule has 7 N–H and O–H groups in total. The van der Waals surface area contributed by atoms with Gasteiger partial charge in [-0.3, -0.25) is 14.7 Å². The molecule has 0 atom stereocenters. The quantitative estimate of drug-likeness (QED) is 0.0905. The Kier molecular flexibility index (Phi) is 19.2. The maximum absolute atomic E-state index is 12.2. The predicted octanol–water partition coefficient (Wildman–Crippen LogP) is 10.1. The zero-order valence-corrected chi connectivity index (χ0v) is 41.3. The summed E-state index contributed by atoms with van der Waals surface area (Å²) in [7, 11) is -7.69. The average Bonchev–Trinajstić information content (AvgIpc) is 3.91. The van der Waals surface area contributed by atoms with E-state index in [0.29, 0.717) is 16.5 Å². The number of para-hydroxylation sites is 1. The normalized spacial score (nSPS) is 11.0. The second-order valence-electron chi connectivity index (χ2n) is 15.5. The second-order valence-corrected chi connectivity index (χ2v) is 19.5. The van der Waals surface area contributed by atoms with E-state index in [1.807, 2.05) is 110 Å². The fourth-order valence-electron chi connectivity index (χ4n) is 5.95. The second kappa shape index (κ2) is 23.3. The zero-order chi connectivity index (χ0) is 49.0. The number of carbonyl (C=O) groups excluding carboxylic acids is 2. The zero-order valence-electron chi connectivity index (χ0n) is 38.2. The number of primary sulfonamides is 1. The summed E-state index contributed by atoms with van der Waals surface area (Å²) in [5.74, 6) is 0.530. The van der Waals surface area contributed by atoms with E-state index in [1.165, 1.54) is 22.4 Å². The van der Waals surface area contributed by atoms with Crippen LogP contribution in [-0.4, -0.2) is 48.5 Å². The van der Waals surface area contributed by atoms with Crippen LogP contribution >= 0.6 is 23.2 Å². The van der Waals surface area contributed by atoms with Crippen molar-refractivity contribution in [3.05, 3.63) is 140 Å². The first-order valence-electron chi connectivity index (χ1n) is 20.1. The molecule has 6 aromatic rings. The Balaban J connectivity index is 0.000000243. The van der Waals surface area contributed by atoms with Crippen molar-refractivity contribution in [3.63, 3.8) is 0 Å². The van der Waals surface area contributed by atoms with Gasteiger partial charge in [-0.15, -0.1) is 0 Å². The van der Waals surface area contributed by atoms with Gasteiger partial charge in [-0.25, -0.2) is 27.9 Å². The van der Waals surface area contributed by atoms with Gasteiger partial charge in [-0.2, -0.15) is 18.6 Å². The summed E-state index contributed by atoms with van der Waals surface area (Å²) in [6.07, 6.45) is 2.66. The summed E-state index contributed by atoms with van der Waals surface area (Å²) in [4.78, 5) is 23.9. The summed E-state index contributed by atoms with van der Waals surface area (Å²) in [5, 5.41) is 18.9. The molecule has 2 heterocycles. The fraction of sp³-hybridized carbons (Fsp3) is 0.289. The molecule has 0 saturated carbocycles. The van der Waals surface area contributed by atoms with Crippen LogP contribution in [0.15, 0.2) is 101 Å². The molecular weight excluding hydrogens is 914 g/mol. The molecule has 3 amide bonds. The smallest absolute Gasteiger partial charge is 0.410 e. The first kappa shape index (κ1) is 53.4. The van der Waals surface area contributed by atoms with Gasteiger partial charge in [0, 0.05) is 51.6 Å².